The summed E-state index contributed by atoms with van der Waals surface area (Å²) in [5, 5.41) is 3.12. The van der Waals surface area contributed by atoms with E-state index >= 15 is 0 Å². The van der Waals surface area contributed by atoms with Crippen molar-refractivity contribution in [3.05, 3.63) is 101 Å². The van der Waals surface area contributed by atoms with Gasteiger partial charge in [0.25, 0.3) is 0 Å². The maximum absolute atomic E-state index is 13.3. The second-order valence-corrected chi connectivity index (χ2v) is 8.77. The lowest BCUT2D eigenvalue weighted by molar-refractivity contribution is -0.117. The first-order valence-corrected chi connectivity index (χ1v) is 11.5. The van der Waals surface area contributed by atoms with Crippen molar-refractivity contribution in [2.75, 3.05) is 18.0 Å². The first kappa shape index (κ1) is 22.6. The van der Waals surface area contributed by atoms with Crippen LogP contribution in [0.25, 0.3) is 0 Å². The van der Waals surface area contributed by atoms with Crippen molar-refractivity contribution >= 4 is 17.6 Å². The van der Waals surface area contributed by atoms with Gasteiger partial charge in [-0.25, -0.2) is 4.79 Å². The van der Waals surface area contributed by atoms with Crippen LogP contribution in [-0.4, -0.2) is 36.0 Å². The monoisotopic (exact) mass is 441 g/mol. The van der Waals surface area contributed by atoms with E-state index in [1.54, 1.807) is 4.90 Å². The van der Waals surface area contributed by atoms with Gasteiger partial charge in [0.1, 0.15) is 0 Å². The number of hydrogen-bond acceptors (Lipinski definition) is 2. The van der Waals surface area contributed by atoms with Gasteiger partial charge in [-0.3, -0.25) is 4.79 Å². The molecule has 1 unspecified atom stereocenters. The number of amides is 3. The van der Waals surface area contributed by atoms with Crippen LogP contribution < -0.4 is 10.2 Å². The van der Waals surface area contributed by atoms with Crippen molar-refractivity contribution in [3.63, 3.8) is 0 Å². The molecule has 5 nitrogen and oxygen atoms in total. The third-order valence-electron chi connectivity index (χ3n) is 6.27. The number of hydrogen-bond donors (Lipinski definition) is 1. The van der Waals surface area contributed by atoms with Gasteiger partial charge in [0, 0.05) is 31.7 Å². The molecule has 0 aromatic heterocycles. The Balaban J connectivity index is 1.43. The molecule has 1 aliphatic heterocycles. The number of anilines is 1. The number of rotatable bonds is 7. The van der Waals surface area contributed by atoms with Gasteiger partial charge in [-0.15, -0.1) is 0 Å². The third-order valence-corrected chi connectivity index (χ3v) is 6.27. The molecule has 4 rings (SSSR count). The normalized spacial score (nSPS) is 15.5. The van der Waals surface area contributed by atoms with Crippen LogP contribution in [0.3, 0.4) is 0 Å². The van der Waals surface area contributed by atoms with Crippen molar-refractivity contribution in [3.8, 4) is 0 Å². The lowest BCUT2D eigenvalue weighted by Crippen LogP contribution is -2.46. The minimum absolute atomic E-state index is 0.0439. The highest BCUT2D eigenvalue weighted by Gasteiger charge is 2.32. The van der Waals surface area contributed by atoms with E-state index in [2.05, 4.69) is 24.4 Å². The Labute approximate surface area is 196 Å². The molecular formula is C28H31N3O2. The Kier molecular flexibility index (Phi) is 7.08. The fourth-order valence-corrected chi connectivity index (χ4v) is 4.18. The summed E-state index contributed by atoms with van der Waals surface area (Å²) in [5.74, 6) is 0.0439. The van der Waals surface area contributed by atoms with E-state index in [1.165, 1.54) is 11.1 Å². The Bertz CT molecular complexity index is 1100. The molecule has 0 bridgehead atoms. The first-order chi connectivity index (χ1) is 16.0. The number of aryl methyl sites for hydroxylation is 2. The smallest absolute Gasteiger partial charge is 0.318 e. The van der Waals surface area contributed by atoms with Gasteiger partial charge < -0.3 is 15.1 Å². The van der Waals surface area contributed by atoms with Crippen LogP contribution in [0.1, 0.15) is 28.7 Å². The standard InChI is InChI=1S/C28H31N3O2/c1-21-13-14-26(17-22(21)2)31-20-25(18-27(31)32)29-28(33)30(19-24-11-7-4-8-12-24)16-15-23-9-5-3-6-10-23/h3-14,17,25H,15-16,18-20H2,1-2H3,(H,29,33). The first-order valence-electron chi connectivity index (χ1n) is 11.5. The summed E-state index contributed by atoms with van der Waals surface area (Å²) < 4.78 is 0. The second kappa shape index (κ2) is 10.3. The predicted molar refractivity (Wildman–Crippen MR) is 132 cm³/mol. The van der Waals surface area contributed by atoms with Crippen LogP contribution in [0.4, 0.5) is 10.5 Å². The van der Waals surface area contributed by atoms with Crippen molar-refractivity contribution in [1.29, 1.82) is 0 Å². The summed E-state index contributed by atoms with van der Waals surface area (Å²) in [4.78, 5) is 29.6. The number of carbonyl (C=O) groups is 2. The molecule has 0 radical (unpaired) electrons. The van der Waals surface area contributed by atoms with E-state index in [0.29, 0.717) is 26.1 Å². The lowest BCUT2D eigenvalue weighted by Gasteiger charge is -2.25. The average molecular weight is 442 g/mol. The van der Waals surface area contributed by atoms with Crippen LogP contribution in [0, 0.1) is 13.8 Å². The summed E-state index contributed by atoms with van der Waals surface area (Å²) in [6.07, 6.45) is 1.09. The highest BCUT2D eigenvalue weighted by Crippen LogP contribution is 2.24. The number of carbonyl (C=O) groups excluding carboxylic acids is 2. The molecule has 0 spiro atoms. The minimum Gasteiger partial charge on any atom is -0.333 e. The Morgan fingerprint density at radius 2 is 1.61 bits per heavy atom. The van der Waals surface area contributed by atoms with E-state index in [1.807, 2.05) is 78.6 Å². The molecule has 3 aromatic rings. The zero-order valence-electron chi connectivity index (χ0n) is 19.3. The minimum atomic E-state index is -0.207. The zero-order chi connectivity index (χ0) is 23.2. The maximum Gasteiger partial charge on any atom is 0.318 e. The molecule has 0 saturated carbocycles. The van der Waals surface area contributed by atoms with Gasteiger partial charge in [0.2, 0.25) is 5.91 Å². The summed E-state index contributed by atoms with van der Waals surface area (Å²) in [6.45, 7) is 5.73. The average Bonchev–Trinajstić information content (AvgIpc) is 3.19. The van der Waals surface area contributed by atoms with Crippen LogP contribution in [0.5, 0.6) is 0 Å². The summed E-state index contributed by atoms with van der Waals surface area (Å²) in [5.41, 5.74) is 5.53. The van der Waals surface area contributed by atoms with E-state index in [9.17, 15) is 9.59 Å². The molecule has 1 fully saturated rings. The molecule has 0 aliphatic carbocycles. The SMILES string of the molecule is Cc1ccc(N2CC(NC(=O)N(CCc3ccccc3)Cc3ccccc3)CC2=O)cc1C. The van der Waals surface area contributed by atoms with Gasteiger partial charge in [-0.2, -0.15) is 0 Å². The Morgan fingerprint density at radius 1 is 0.939 bits per heavy atom. The maximum atomic E-state index is 13.3. The van der Waals surface area contributed by atoms with Crippen LogP contribution in [0.2, 0.25) is 0 Å². The van der Waals surface area contributed by atoms with Crippen molar-refractivity contribution in [1.82, 2.24) is 10.2 Å². The predicted octanol–water partition coefficient (Wildman–Crippen LogP) is 4.86. The van der Waals surface area contributed by atoms with Gasteiger partial charge in [0.15, 0.2) is 0 Å². The van der Waals surface area contributed by atoms with Crippen molar-refractivity contribution in [2.45, 2.75) is 39.3 Å². The van der Waals surface area contributed by atoms with Gasteiger partial charge in [0.05, 0.1) is 6.04 Å². The van der Waals surface area contributed by atoms with Crippen molar-refractivity contribution < 1.29 is 9.59 Å². The molecule has 3 aromatic carbocycles. The summed E-state index contributed by atoms with van der Waals surface area (Å²) in [7, 11) is 0. The molecule has 1 heterocycles. The fraction of sp³-hybridized carbons (Fsp3) is 0.286. The highest BCUT2D eigenvalue weighted by molar-refractivity contribution is 5.97. The topological polar surface area (TPSA) is 52.7 Å². The molecule has 33 heavy (non-hydrogen) atoms. The van der Waals surface area contributed by atoms with Crippen LogP contribution in [0.15, 0.2) is 78.9 Å². The van der Waals surface area contributed by atoms with Crippen LogP contribution >= 0.6 is 0 Å². The molecule has 170 valence electrons. The van der Waals surface area contributed by atoms with E-state index < -0.39 is 0 Å². The molecule has 3 amide bonds. The quantitative estimate of drug-likeness (QED) is 0.569. The van der Waals surface area contributed by atoms with E-state index in [0.717, 1.165) is 23.2 Å². The molecule has 1 aliphatic rings. The number of nitrogens with one attached hydrogen (secondary N) is 1. The zero-order valence-corrected chi connectivity index (χ0v) is 19.3. The lowest BCUT2D eigenvalue weighted by atomic mass is 10.1. The number of benzene rings is 3. The summed E-state index contributed by atoms with van der Waals surface area (Å²) in [6, 6.07) is 25.9. The largest absolute Gasteiger partial charge is 0.333 e. The fourth-order valence-electron chi connectivity index (χ4n) is 4.18. The molecular weight excluding hydrogens is 410 g/mol. The van der Waals surface area contributed by atoms with E-state index in [-0.39, 0.29) is 18.0 Å². The van der Waals surface area contributed by atoms with Gasteiger partial charge in [-0.1, -0.05) is 66.7 Å². The van der Waals surface area contributed by atoms with E-state index in [4.69, 9.17) is 0 Å². The van der Waals surface area contributed by atoms with Gasteiger partial charge >= 0.3 is 6.03 Å². The number of nitrogens with zero attached hydrogens (tertiary/aromatic N) is 2. The van der Waals surface area contributed by atoms with Crippen molar-refractivity contribution in [2.24, 2.45) is 0 Å². The highest BCUT2D eigenvalue weighted by atomic mass is 16.2. The Morgan fingerprint density at radius 3 is 2.27 bits per heavy atom. The molecule has 5 heteroatoms. The van der Waals surface area contributed by atoms with Gasteiger partial charge in [-0.05, 0) is 54.7 Å². The third kappa shape index (κ3) is 5.80. The second-order valence-electron chi connectivity index (χ2n) is 8.77. The Hall–Kier alpha value is -3.60. The number of urea groups is 1. The summed E-state index contributed by atoms with van der Waals surface area (Å²) >= 11 is 0. The molecule has 1 saturated heterocycles. The van der Waals surface area contributed by atoms with Crippen LogP contribution in [-0.2, 0) is 17.8 Å². The molecule has 1 N–H and O–H groups in total. The molecule has 1 atom stereocenters.